The molecule has 1 saturated carbocycles. The number of carbonyl (C=O) groups is 2. The highest BCUT2D eigenvalue weighted by molar-refractivity contribution is 6.83. The summed E-state index contributed by atoms with van der Waals surface area (Å²) in [6.07, 6.45) is 12.0. The van der Waals surface area contributed by atoms with E-state index in [2.05, 4.69) is 81.7 Å². The molecule has 0 saturated heterocycles. The number of ketones is 1. The van der Waals surface area contributed by atoms with E-state index >= 15 is 0 Å². The maximum atomic E-state index is 12.0. The fourth-order valence-corrected chi connectivity index (χ4v) is 6.14. The summed E-state index contributed by atoms with van der Waals surface area (Å²) in [7, 11) is -3.38. The minimum absolute atomic E-state index is 0.101. The number of hydrogen-bond acceptors (Lipinski definition) is 3. The summed E-state index contributed by atoms with van der Waals surface area (Å²) in [4.78, 5) is 23.6. The van der Waals surface area contributed by atoms with Gasteiger partial charge in [-0.2, -0.15) is 0 Å². The second-order valence-electron chi connectivity index (χ2n) is 11.5. The van der Waals surface area contributed by atoms with Crippen LogP contribution in [0.1, 0.15) is 71.1 Å². The Morgan fingerprint density at radius 2 is 1.91 bits per heavy atom. The van der Waals surface area contributed by atoms with E-state index in [4.69, 9.17) is 4.43 Å². The first kappa shape index (κ1) is 30.4. The lowest BCUT2D eigenvalue weighted by Gasteiger charge is -2.33. The van der Waals surface area contributed by atoms with Gasteiger partial charge < -0.3 is 9.53 Å². The third kappa shape index (κ3) is 12.2. The first-order valence-corrected chi connectivity index (χ1v) is 19.8. The Kier molecular flexibility index (Phi) is 12.6. The lowest BCUT2D eigenvalue weighted by atomic mass is 9.86. The van der Waals surface area contributed by atoms with Crippen LogP contribution in [-0.2, 0) is 14.0 Å². The lowest BCUT2D eigenvalue weighted by molar-refractivity contribution is -0.146. The van der Waals surface area contributed by atoms with Gasteiger partial charge in [-0.1, -0.05) is 57.3 Å². The fraction of sp³-hybridized carbons (Fsp3) is 0.714. The molecule has 4 nitrogen and oxygen atoms in total. The number of Topliss-reactive ketones (excluding diaryl/α,β-unsaturated/α-hetero) is 1. The van der Waals surface area contributed by atoms with Gasteiger partial charge in [-0.15, -0.1) is 11.5 Å². The Morgan fingerprint density at radius 3 is 2.44 bits per heavy atom. The van der Waals surface area contributed by atoms with Crippen LogP contribution in [0.2, 0.25) is 39.3 Å². The van der Waals surface area contributed by atoms with Crippen molar-refractivity contribution in [2.45, 2.75) is 116 Å². The smallest absolute Gasteiger partial charge is 0.307 e. The average Bonchev–Trinajstić information content (AvgIpc) is 3.12. The normalized spacial score (nSPS) is 19.1. The summed E-state index contributed by atoms with van der Waals surface area (Å²) < 4.78 is 6.68. The van der Waals surface area contributed by atoms with Crippen LogP contribution in [0.4, 0.5) is 0 Å². The molecule has 1 aliphatic rings. The van der Waals surface area contributed by atoms with Crippen molar-refractivity contribution < 1.29 is 19.1 Å². The molecule has 0 aliphatic heterocycles. The SMILES string of the molecule is CCCCCC(C#C[Si](C)(C)C)(C=CCC#CCC[C@H](C(=O)O)[C@H]1CCCC1=O)O[Si](C)(C)C. The summed E-state index contributed by atoms with van der Waals surface area (Å²) in [6, 6.07) is 0. The first-order chi connectivity index (χ1) is 15.8. The lowest BCUT2D eigenvalue weighted by Crippen LogP contribution is -2.41. The van der Waals surface area contributed by atoms with Crippen molar-refractivity contribution in [2.75, 3.05) is 0 Å². The molecule has 0 aromatic carbocycles. The van der Waals surface area contributed by atoms with Crippen LogP contribution in [-0.4, -0.2) is 38.9 Å². The van der Waals surface area contributed by atoms with Crippen LogP contribution in [0.5, 0.6) is 0 Å². The number of carbonyl (C=O) groups excluding carboxylic acids is 1. The van der Waals surface area contributed by atoms with Gasteiger partial charge in [0, 0.05) is 25.2 Å². The minimum Gasteiger partial charge on any atom is -0.481 e. The summed E-state index contributed by atoms with van der Waals surface area (Å²) in [5.41, 5.74) is 2.99. The van der Waals surface area contributed by atoms with Crippen molar-refractivity contribution in [2.24, 2.45) is 11.8 Å². The summed E-state index contributed by atoms with van der Waals surface area (Å²) >= 11 is 0. The molecule has 1 aliphatic carbocycles. The van der Waals surface area contributed by atoms with Crippen LogP contribution >= 0.6 is 0 Å². The highest BCUT2D eigenvalue weighted by Gasteiger charge is 2.36. The summed E-state index contributed by atoms with van der Waals surface area (Å²) in [5, 5.41) is 9.54. The molecule has 34 heavy (non-hydrogen) atoms. The molecular weight excluding hydrogens is 456 g/mol. The van der Waals surface area contributed by atoms with Crippen LogP contribution in [0, 0.1) is 35.1 Å². The number of carboxylic acid groups (broad SMARTS) is 1. The Hall–Kier alpha value is -1.61. The van der Waals surface area contributed by atoms with E-state index in [1.807, 2.05) is 0 Å². The van der Waals surface area contributed by atoms with Gasteiger partial charge in [0.1, 0.15) is 19.5 Å². The standard InChI is InChI=1S/C28H46O4Si2/c1-8-9-14-20-28(32-34(5,6)7,22-23-33(2,3)4)21-15-12-10-11-13-17-25(27(30)31)24-18-16-19-26(24)29/h15,21,24-25H,8-9,12-14,16-20H2,1-7H3,(H,30,31)/t24-,25+,28?/m1/s1. The third-order valence-corrected chi connectivity index (χ3v) is 7.61. The van der Waals surface area contributed by atoms with Crippen LogP contribution in [0.25, 0.3) is 0 Å². The highest BCUT2D eigenvalue weighted by Crippen LogP contribution is 2.31. The van der Waals surface area contributed by atoms with E-state index in [1.165, 1.54) is 0 Å². The zero-order chi connectivity index (χ0) is 25.8. The van der Waals surface area contributed by atoms with E-state index in [9.17, 15) is 14.7 Å². The van der Waals surface area contributed by atoms with E-state index in [0.717, 1.165) is 32.1 Å². The maximum Gasteiger partial charge on any atom is 0.307 e. The summed E-state index contributed by atoms with van der Waals surface area (Å²) in [5.74, 6) is 8.12. The molecule has 190 valence electrons. The maximum absolute atomic E-state index is 12.0. The van der Waals surface area contributed by atoms with Gasteiger partial charge in [0.25, 0.3) is 0 Å². The van der Waals surface area contributed by atoms with Crippen LogP contribution in [0.3, 0.4) is 0 Å². The fourth-order valence-electron chi connectivity index (χ4n) is 4.24. The summed E-state index contributed by atoms with van der Waals surface area (Å²) in [6.45, 7) is 15.6. The van der Waals surface area contributed by atoms with Crippen LogP contribution < -0.4 is 0 Å². The molecule has 0 amide bonds. The Bertz CT molecular complexity index is 827. The zero-order valence-electron chi connectivity index (χ0n) is 22.6. The third-order valence-electron chi connectivity index (χ3n) is 5.76. The molecule has 0 aromatic heterocycles. The van der Waals surface area contributed by atoms with Gasteiger partial charge >= 0.3 is 5.97 Å². The minimum atomic E-state index is -1.83. The van der Waals surface area contributed by atoms with Gasteiger partial charge in [-0.3, -0.25) is 9.59 Å². The van der Waals surface area contributed by atoms with E-state index < -0.39 is 33.9 Å². The van der Waals surface area contributed by atoms with Gasteiger partial charge in [0.15, 0.2) is 8.32 Å². The molecule has 6 heteroatoms. The average molecular weight is 503 g/mol. The zero-order valence-corrected chi connectivity index (χ0v) is 24.6. The second-order valence-corrected chi connectivity index (χ2v) is 20.6. The molecule has 1 fully saturated rings. The van der Waals surface area contributed by atoms with Crippen molar-refractivity contribution in [3.05, 3.63) is 12.2 Å². The van der Waals surface area contributed by atoms with Crippen LogP contribution in [0.15, 0.2) is 12.2 Å². The van der Waals surface area contributed by atoms with Crippen molar-refractivity contribution in [1.82, 2.24) is 0 Å². The molecule has 0 radical (unpaired) electrons. The molecule has 1 N–H and O–H groups in total. The first-order valence-electron chi connectivity index (χ1n) is 12.9. The van der Waals surface area contributed by atoms with Gasteiger partial charge in [0.05, 0.1) is 5.92 Å². The van der Waals surface area contributed by atoms with Gasteiger partial charge in [-0.05, 0) is 57.8 Å². The van der Waals surface area contributed by atoms with Crippen molar-refractivity contribution in [3.63, 3.8) is 0 Å². The Balaban J connectivity index is 2.88. The quantitative estimate of drug-likeness (QED) is 0.137. The van der Waals surface area contributed by atoms with Crippen molar-refractivity contribution >= 4 is 28.1 Å². The van der Waals surface area contributed by atoms with E-state index in [-0.39, 0.29) is 11.7 Å². The molecule has 0 heterocycles. The van der Waals surface area contributed by atoms with Crippen molar-refractivity contribution in [1.29, 1.82) is 0 Å². The topological polar surface area (TPSA) is 63.6 Å². The number of unbranched alkanes of at least 4 members (excludes halogenated alkanes) is 2. The largest absolute Gasteiger partial charge is 0.481 e. The molecule has 3 atom stereocenters. The molecular formula is C28H46O4Si2. The second kappa shape index (κ2) is 14.1. The van der Waals surface area contributed by atoms with E-state index in [1.54, 1.807) is 0 Å². The molecule has 0 bridgehead atoms. The molecule has 1 rings (SSSR count). The monoisotopic (exact) mass is 502 g/mol. The number of allylic oxidation sites excluding steroid dienone is 1. The number of carboxylic acids is 1. The molecule has 0 spiro atoms. The van der Waals surface area contributed by atoms with E-state index in [0.29, 0.717) is 32.1 Å². The number of rotatable bonds is 12. The van der Waals surface area contributed by atoms with Crippen molar-refractivity contribution in [3.8, 4) is 23.3 Å². The number of hydrogen-bond donors (Lipinski definition) is 1. The highest BCUT2D eigenvalue weighted by atomic mass is 28.4. The Labute approximate surface area is 210 Å². The number of aliphatic carboxylic acids is 1. The van der Waals surface area contributed by atoms with Gasteiger partial charge in [0.2, 0.25) is 0 Å². The van der Waals surface area contributed by atoms with Gasteiger partial charge in [-0.25, -0.2) is 0 Å². The Morgan fingerprint density at radius 1 is 1.21 bits per heavy atom. The molecule has 1 unspecified atom stereocenters. The predicted octanol–water partition coefficient (Wildman–Crippen LogP) is 6.84. The predicted molar refractivity (Wildman–Crippen MR) is 147 cm³/mol. The molecule has 0 aromatic rings.